The van der Waals surface area contributed by atoms with E-state index in [0.717, 1.165) is 10.9 Å². The maximum atomic E-state index is 11.0. The molecule has 0 saturated carbocycles. The molecule has 0 aliphatic rings. The molecule has 2 aromatic rings. The van der Waals surface area contributed by atoms with Gasteiger partial charge in [0.25, 0.3) is 5.69 Å². The molecule has 7 heteroatoms. The molecule has 0 atom stereocenters. The maximum Gasteiger partial charge on any atom is 0.336 e. The highest BCUT2D eigenvalue weighted by Crippen LogP contribution is 2.29. The van der Waals surface area contributed by atoms with Gasteiger partial charge < -0.3 is 9.84 Å². The van der Waals surface area contributed by atoms with E-state index in [9.17, 15) is 14.9 Å². The first-order valence-corrected chi connectivity index (χ1v) is 7.04. The van der Waals surface area contributed by atoms with Crippen LogP contribution in [0.4, 0.5) is 5.69 Å². The molecule has 0 aliphatic heterocycles. The monoisotopic (exact) mass is 307 g/mol. The van der Waals surface area contributed by atoms with Crippen molar-refractivity contribution in [2.45, 2.75) is 13.3 Å². The van der Waals surface area contributed by atoms with Gasteiger partial charge in [0.2, 0.25) is 0 Å². The predicted octanol–water partition coefficient (Wildman–Crippen LogP) is 3.28. The van der Waals surface area contributed by atoms with Crippen LogP contribution in [0.15, 0.2) is 29.6 Å². The first-order valence-electron chi connectivity index (χ1n) is 6.16. The fourth-order valence-electron chi connectivity index (χ4n) is 1.85. The lowest BCUT2D eigenvalue weighted by Crippen LogP contribution is -2.06. The van der Waals surface area contributed by atoms with Crippen LogP contribution in [0.1, 0.15) is 20.8 Å². The lowest BCUT2D eigenvalue weighted by atomic mass is 10.1. The van der Waals surface area contributed by atoms with Crippen molar-refractivity contribution in [1.29, 1.82) is 0 Å². The molecule has 1 N–H and O–H groups in total. The topological polar surface area (TPSA) is 89.7 Å². The van der Waals surface area contributed by atoms with E-state index in [0.29, 0.717) is 18.6 Å². The molecule has 0 aliphatic carbocycles. The highest BCUT2D eigenvalue weighted by atomic mass is 32.1. The minimum atomic E-state index is -1.22. The van der Waals surface area contributed by atoms with Gasteiger partial charge in [-0.15, -0.1) is 11.3 Å². The van der Waals surface area contributed by atoms with E-state index in [2.05, 4.69) is 0 Å². The molecule has 0 spiro atoms. The molecule has 2 rings (SSSR count). The Hall–Kier alpha value is -2.41. The Morgan fingerprint density at radius 3 is 2.81 bits per heavy atom. The normalized spacial score (nSPS) is 10.3. The lowest BCUT2D eigenvalue weighted by Gasteiger charge is -2.10. The second-order valence-electron chi connectivity index (χ2n) is 4.36. The zero-order valence-electron chi connectivity index (χ0n) is 11.2. The van der Waals surface area contributed by atoms with E-state index in [1.807, 2.05) is 17.5 Å². The summed E-state index contributed by atoms with van der Waals surface area (Å²) in [5.74, 6) is -0.987. The average Bonchev–Trinajstić information content (AvgIpc) is 2.93. The SMILES string of the molecule is Cc1c(OCCc2cccs2)cc(C(=O)O)cc1[N+](=O)[O-]. The summed E-state index contributed by atoms with van der Waals surface area (Å²) in [5, 5.41) is 21.9. The first kappa shape index (κ1) is 15.0. The molecule has 0 radical (unpaired) electrons. The van der Waals surface area contributed by atoms with Crippen LogP contribution in [-0.4, -0.2) is 22.6 Å². The second kappa shape index (κ2) is 6.36. The Kier molecular flexibility index (Phi) is 4.54. The van der Waals surface area contributed by atoms with E-state index in [-0.39, 0.29) is 17.0 Å². The van der Waals surface area contributed by atoms with Gasteiger partial charge in [0, 0.05) is 17.4 Å². The van der Waals surface area contributed by atoms with E-state index in [4.69, 9.17) is 9.84 Å². The summed E-state index contributed by atoms with van der Waals surface area (Å²) in [4.78, 5) is 22.5. The van der Waals surface area contributed by atoms with Crippen LogP contribution in [0.2, 0.25) is 0 Å². The number of carbonyl (C=O) groups is 1. The molecule has 0 amide bonds. The molecule has 110 valence electrons. The Morgan fingerprint density at radius 2 is 2.24 bits per heavy atom. The van der Waals surface area contributed by atoms with Crippen LogP contribution in [0.5, 0.6) is 5.75 Å². The van der Waals surface area contributed by atoms with Crippen molar-refractivity contribution in [3.63, 3.8) is 0 Å². The summed E-state index contributed by atoms with van der Waals surface area (Å²) in [5.41, 5.74) is -0.0735. The van der Waals surface area contributed by atoms with E-state index >= 15 is 0 Å². The van der Waals surface area contributed by atoms with Gasteiger partial charge in [0.15, 0.2) is 0 Å². The number of hydrogen-bond donors (Lipinski definition) is 1. The molecule has 0 bridgehead atoms. The average molecular weight is 307 g/mol. The van der Waals surface area contributed by atoms with Gasteiger partial charge in [-0.2, -0.15) is 0 Å². The number of aromatic carboxylic acids is 1. The first-order chi connectivity index (χ1) is 9.99. The third kappa shape index (κ3) is 3.57. The highest BCUT2D eigenvalue weighted by Gasteiger charge is 2.19. The Morgan fingerprint density at radius 1 is 1.48 bits per heavy atom. The third-order valence-electron chi connectivity index (χ3n) is 2.96. The molecule has 1 aromatic heterocycles. The molecular formula is C14H13NO5S. The van der Waals surface area contributed by atoms with Crippen molar-refractivity contribution in [3.8, 4) is 5.75 Å². The van der Waals surface area contributed by atoms with Crippen molar-refractivity contribution >= 4 is 23.0 Å². The fraction of sp³-hybridized carbons (Fsp3) is 0.214. The molecule has 21 heavy (non-hydrogen) atoms. The molecular weight excluding hydrogens is 294 g/mol. The summed E-state index contributed by atoms with van der Waals surface area (Å²) in [7, 11) is 0. The summed E-state index contributed by atoms with van der Waals surface area (Å²) >= 11 is 1.60. The number of nitrogens with zero attached hydrogens (tertiary/aromatic N) is 1. The van der Waals surface area contributed by atoms with Crippen LogP contribution in [0.25, 0.3) is 0 Å². The number of nitro groups is 1. The van der Waals surface area contributed by atoms with Crippen LogP contribution in [0, 0.1) is 17.0 Å². The maximum absolute atomic E-state index is 11.0. The van der Waals surface area contributed by atoms with Crippen molar-refractivity contribution < 1.29 is 19.6 Å². The molecule has 6 nitrogen and oxygen atoms in total. The van der Waals surface area contributed by atoms with Crippen molar-refractivity contribution in [2.75, 3.05) is 6.61 Å². The molecule has 1 heterocycles. The summed E-state index contributed by atoms with van der Waals surface area (Å²) in [6.45, 7) is 1.88. The Balaban J connectivity index is 2.20. The number of carboxylic acid groups (broad SMARTS) is 1. The Bertz CT molecular complexity index is 666. The number of hydrogen-bond acceptors (Lipinski definition) is 5. The van der Waals surface area contributed by atoms with Gasteiger partial charge in [0.05, 0.1) is 22.7 Å². The molecule has 0 fully saturated rings. The molecule has 1 aromatic carbocycles. The van der Waals surface area contributed by atoms with E-state index < -0.39 is 10.9 Å². The largest absolute Gasteiger partial charge is 0.493 e. The highest BCUT2D eigenvalue weighted by molar-refractivity contribution is 7.09. The van der Waals surface area contributed by atoms with Gasteiger partial charge >= 0.3 is 5.97 Å². The standard InChI is InChI=1S/C14H13NO5S/c1-9-12(15(18)19)7-10(14(16)17)8-13(9)20-5-4-11-3-2-6-21-11/h2-3,6-8H,4-5H2,1H3,(H,16,17). The number of rotatable bonds is 6. The smallest absolute Gasteiger partial charge is 0.336 e. The van der Waals surface area contributed by atoms with Gasteiger partial charge in [-0.3, -0.25) is 10.1 Å². The van der Waals surface area contributed by atoms with Crippen LogP contribution in [0.3, 0.4) is 0 Å². The van der Waals surface area contributed by atoms with Crippen LogP contribution < -0.4 is 4.74 Å². The van der Waals surface area contributed by atoms with Gasteiger partial charge in [0.1, 0.15) is 5.75 Å². The summed E-state index contributed by atoms with van der Waals surface area (Å²) in [6, 6.07) is 6.26. The zero-order valence-corrected chi connectivity index (χ0v) is 12.1. The summed E-state index contributed by atoms with van der Waals surface area (Å²) in [6.07, 6.45) is 0.669. The number of thiophene rings is 1. The predicted molar refractivity (Wildman–Crippen MR) is 78.3 cm³/mol. The van der Waals surface area contributed by atoms with Gasteiger partial charge in [-0.1, -0.05) is 6.07 Å². The minimum Gasteiger partial charge on any atom is -0.493 e. The van der Waals surface area contributed by atoms with E-state index in [1.54, 1.807) is 18.3 Å². The quantitative estimate of drug-likeness (QED) is 0.653. The second-order valence-corrected chi connectivity index (χ2v) is 5.39. The Labute approximate surface area is 124 Å². The number of nitro benzene ring substituents is 1. The van der Waals surface area contributed by atoms with Crippen molar-refractivity contribution in [3.05, 3.63) is 55.8 Å². The lowest BCUT2D eigenvalue weighted by molar-refractivity contribution is -0.385. The fourth-order valence-corrected chi connectivity index (χ4v) is 2.54. The van der Waals surface area contributed by atoms with Crippen LogP contribution in [-0.2, 0) is 6.42 Å². The number of ether oxygens (including phenoxy) is 1. The van der Waals surface area contributed by atoms with Gasteiger partial charge in [-0.05, 0) is 24.4 Å². The number of benzene rings is 1. The van der Waals surface area contributed by atoms with Crippen molar-refractivity contribution in [2.24, 2.45) is 0 Å². The third-order valence-corrected chi connectivity index (χ3v) is 3.90. The van der Waals surface area contributed by atoms with Gasteiger partial charge in [-0.25, -0.2) is 4.79 Å². The van der Waals surface area contributed by atoms with Crippen LogP contribution >= 0.6 is 11.3 Å². The molecule has 0 unspecified atom stereocenters. The van der Waals surface area contributed by atoms with E-state index in [1.165, 1.54) is 6.07 Å². The number of carboxylic acids is 1. The van der Waals surface area contributed by atoms with Crippen molar-refractivity contribution in [1.82, 2.24) is 0 Å². The zero-order chi connectivity index (χ0) is 15.4. The minimum absolute atomic E-state index is 0.154. The molecule has 0 saturated heterocycles. The summed E-state index contributed by atoms with van der Waals surface area (Å²) < 4.78 is 5.53.